The summed E-state index contributed by atoms with van der Waals surface area (Å²) in [5, 5.41) is 5.59. The standard InChI is InChI=1S/C24H29F2N3O2S/c1-15-10-16(2)22(20(11-15)30-3)18-6-5-7-19-23(24(32-4)27-29(18)19)28(13-21(25)26)12-17-8-9-31-14-17/h5-7,10-11,17,21H,8-9,12-14H2,1-4H3. The molecule has 3 aromatic rings. The Morgan fingerprint density at radius 2 is 2.12 bits per heavy atom. The number of thioether (sulfide) groups is 1. The van der Waals surface area contributed by atoms with Crippen LogP contribution in [0.15, 0.2) is 35.4 Å². The monoisotopic (exact) mass is 461 g/mol. The summed E-state index contributed by atoms with van der Waals surface area (Å²) >= 11 is 1.47. The van der Waals surface area contributed by atoms with Crippen LogP contribution in [-0.2, 0) is 4.74 Å². The molecule has 32 heavy (non-hydrogen) atoms. The SMILES string of the molecule is COc1cc(C)cc(C)c1-c1cccc2c(N(CC(F)F)CC3CCOC3)c(SC)nn12. The summed E-state index contributed by atoms with van der Waals surface area (Å²) in [6, 6.07) is 10.0. The molecule has 1 unspecified atom stereocenters. The summed E-state index contributed by atoms with van der Waals surface area (Å²) in [4.78, 5) is 1.79. The lowest BCUT2D eigenvalue weighted by Gasteiger charge is -2.27. The molecule has 0 bridgehead atoms. The fraction of sp³-hybridized carbons (Fsp3) is 0.458. The van der Waals surface area contributed by atoms with E-state index in [1.807, 2.05) is 48.9 Å². The van der Waals surface area contributed by atoms with Gasteiger partial charge in [0.2, 0.25) is 0 Å². The number of fused-ring (bicyclic) bond motifs is 1. The molecule has 0 N–H and O–H groups in total. The molecule has 172 valence electrons. The summed E-state index contributed by atoms with van der Waals surface area (Å²) in [5.41, 5.74) is 5.59. The third-order valence-electron chi connectivity index (χ3n) is 5.89. The van der Waals surface area contributed by atoms with Gasteiger partial charge in [-0.1, -0.05) is 12.1 Å². The van der Waals surface area contributed by atoms with Crippen LogP contribution in [0.3, 0.4) is 0 Å². The van der Waals surface area contributed by atoms with Crippen LogP contribution in [0.4, 0.5) is 14.5 Å². The molecule has 1 saturated heterocycles. The molecule has 0 radical (unpaired) electrons. The Morgan fingerprint density at radius 3 is 2.78 bits per heavy atom. The van der Waals surface area contributed by atoms with Crippen LogP contribution in [-0.4, -0.2) is 55.7 Å². The van der Waals surface area contributed by atoms with Crippen molar-refractivity contribution in [2.24, 2.45) is 5.92 Å². The number of hydrogen-bond donors (Lipinski definition) is 0. The summed E-state index contributed by atoms with van der Waals surface area (Å²) in [5.74, 6) is 1.01. The first kappa shape index (κ1) is 22.9. The molecule has 0 amide bonds. The Morgan fingerprint density at radius 1 is 1.31 bits per heavy atom. The average Bonchev–Trinajstić information content (AvgIpc) is 3.39. The maximum absolute atomic E-state index is 13.6. The first-order valence-corrected chi connectivity index (χ1v) is 12.0. The van der Waals surface area contributed by atoms with Crippen LogP contribution in [0.2, 0.25) is 0 Å². The van der Waals surface area contributed by atoms with E-state index in [0.717, 1.165) is 50.8 Å². The van der Waals surface area contributed by atoms with Crippen LogP contribution in [0.1, 0.15) is 17.5 Å². The molecular formula is C24H29F2N3O2S. The number of aryl methyl sites for hydroxylation is 2. The molecule has 1 atom stereocenters. The predicted octanol–water partition coefficient (Wildman–Crippen LogP) is 5.46. The lowest BCUT2D eigenvalue weighted by Crippen LogP contribution is -2.34. The van der Waals surface area contributed by atoms with Gasteiger partial charge in [-0.2, -0.15) is 5.10 Å². The van der Waals surface area contributed by atoms with Gasteiger partial charge >= 0.3 is 0 Å². The summed E-state index contributed by atoms with van der Waals surface area (Å²) in [6.45, 7) is 5.57. The van der Waals surface area contributed by atoms with Crippen LogP contribution < -0.4 is 9.64 Å². The molecular weight excluding hydrogens is 432 g/mol. The number of rotatable bonds is 8. The molecule has 1 aliphatic rings. The molecule has 1 aromatic carbocycles. The van der Waals surface area contributed by atoms with Crippen molar-refractivity contribution in [3.63, 3.8) is 0 Å². The molecule has 0 saturated carbocycles. The van der Waals surface area contributed by atoms with E-state index in [1.54, 1.807) is 12.0 Å². The predicted molar refractivity (Wildman–Crippen MR) is 126 cm³/mol. The third kappa shape index (κ3) is 4.43. The van der Waals surface area contributed by atoms with Gasteiger partial charge in [0.25, 0.3) is 6.43 Å². The highest BCUT2D eigenvalue weighted by atomic mass is 32.2. The van der Waals surface area contributed by atoms with Gasteiger partial charge in [-0.25, -0.2) is 13.3 Å². The number of alkyl halides is 2. The van der Waals surface area contributed by atoms with Crippen LogP contribution in [0, 0.1) is 19.8 Å². The van der Waals surface area contributed by atoms with Gasteiger partial charge in [-0.05, 0) is 55.9 Å². The highest BCUT2D eigenvalue weighted by Crippen LogP contribution is 2.39. The van der Waals surface area contributed by atoms with Gasteiger partial charge < -0.3 is 14.4 Å². The molecule has 8 heteroatoms. The second-order valence-corrected chi connectivity index (χ2v) is 9.05. The molecule has 1 fully saturated rings. The zero-order valence-corrected chi connectivity index (χ0v) is 19.7. The van der Waals surface area contributed by atoms with E-state index in [-0.39, 0.29) is 12.5 Å². The van der Waals surface area contributed by atoms with Crippen molar-refractivity contribution in [2.75, 3.05) is 44.6 Å². The van der Waals surface area contributed by atoms with Crippen LogP contribution in [0.25, 0.3) is 16.8 Å². The molecule has 0 aliphatic carbocycles. The van der Waals surface area contributed by atoms with Crippen molar-refractivity contribution in [3.8, 4) is 17.0 Å². The van der Waals surface area contributed by atoms with Crippen molar-refractivity contribution >= 4 is 23.0 Å². The lowest BCUT2D eigenvalue weighted by atomic mass is 10.0. The van der Waals surface area contributed by atoms with E-state index in [2.05, 4.69) is 6.07 Å². The number of benzene rings is 1. The fourth-order valence-electron chi connectivity index (χ4n) is 4.54. The van der Waals surface area contributed by atoms with Gasteiger partial charge in [-0.15, -0.1) is 11.8 Å². The normalized spacial score (nSPS) is 16.3. The number of halogens is 2. The molecule has 3 heterocycles. The van der Waals surface area contributed by atoms with Crippen molar-refractivity contribution in [3.05, 3.63) is 41.5 Å². The Labute approximate surface area is 191 Å². The number of hydrogen-bond acceptors (Lipinski definition) is 5. The number of anilines is 1. The fourth-order valence-corrected chi connectivity index (χ4v) is 5.13. The van der Waals surface area contributed by atoms with Crippen molar-refractivity contribution in [1.82, 2.24) is 9.61 Å². The van der Waals surface area contributed by atoms with Gasteiger partial charge in [0.15, 0.2) is 0 Å². The number of methoxy groups -OCH3 is 1. The first-order valence-electron chi connectivity index (χ1n) is 10.7. The highest BCUT2D eigenvalue weighted by Gasteiger charge is 2.27. The molecule has 4 rings (SSSR count). The summed E-state index contributed by atoms with van der Waals surface area (Å²) < 4.78 is 40.2. The number of aromatic nitrogens is 2. The van der Waals surface area contributed by atoms with Crippen LogP contribution in [0.5, 0.6) is 5.75 Å². The maximum atomic E-state index is 13.6. The highest BCUT2D eigenvalue weighted by molar-refractivity contribution is 7.98. The molecule has 5 nitrogen and oxygen atoms in total. The maximum Gasteiger partial charge on any atom is 0.255 e. The number of ether oxygens (including phenoxy) is 2. The first-order chi connectivity index (χ1) is 15.4. The Kier molecular flexibility index (Phi) is 6.90. The minimum Gasteiger partial charge on any atom is -0.496 e. The van der Waals surface area contributed by atoms with Crippen LogP contribution >= 0.6 is 11.8 Å². The second kappa shape index (κ2) is 9.67. The minimum absolute atomic E-state index is 0.237. The van der Waals surface area contributed by atoms with E-state index >= 15 is 0 Å². The molecule has 0 spiro atoms. The Bertz CT molecular complexity index is 1100. The van der Waals surface area contributed by atoms with E-state index in [4.69, 9.17) is 14.6 Å². The Balaban J connectivity index is 1.88. The topological polar surface area (TPSA) is 39.0 Å². The van der Waals surface area contributed by atoms with Crippen molar-refractivity contribution in [2.45, 2.75) is 31.7 Å². The smallest absolute Gasteiger partial charge is 0.255 e. The zero-order valence-electron chi connectivity index (χ0n) is 18.9. The quantitative estimate of drug-likeness (QED) is 0.417. The summed E-state index contributed by atoms with van der Waals surface area (Å²) in [6.07, 6.45) is 0.380. The van der Waals surface area contributed by atoms with E-state index < -0.39 is 6.43 Å². The largest absolute Gasteiger partial charge is 0.496 e. The van der Waals surface area contributed by atoms with Gasteiger partial charge in [0.05, 0.1) is 37.2 Å². The van der Waals surface area contributed by atoms with Crippen molar-refractivity contribution in [1.29, 1.82) is 0 Å². The molecule has 2 aromatic heterocycles. The zero-order chi connectivity index (χ0) is 22.8. The lowest BCUT2D eigenvalue weighted by molar-refractivity contribution is 0.151. The minimum atomic E-state index is -2.44. The number of nitrogens with zero attached hydrogens (tertiary/aromatic N) is 3. The van der Waals surface area contributed by atoms with Gasteiger partial charge in [0.1, 0.15) is 10.8 Å². The Hall–Kier alpha value is -2.32. The average molecular weight is 462 g/mol. The number of pyridine rings is 1. The van der Waals surface area contributed by atoms with E-state index in [0.29, 0.717) is 19.8 Å². The second-order valence-electron chi connectivity index (χ2n) is 8.25. The van der Waals surface area contributed by atoms with E-state index in [1.165, 1.54) is 11.8 Å². The van der Waals surface area contributed by atoms with Gasteiger partial charge in [-0.3, -0.25) is 0 Å². The van der Waals surface area contributed by atoms with Gasteiger partial charge in [0, 0.05) is 24.6 Å². The molecule has 1 aliphatic heterocycles. The van der Waals surface area contributed by atoms with E-state index in [9.17, 15) is 8.78 Å². The summed E-state index contributed by atoms with van der Waals surface area (Å²) in [7, 11) is 1.66. The third-order valence-corrected chi connectivity index (χ3v) is 6.55. The van der Waals surface area contributed by atoms with Crippen molar-refractivity contribution < 1.29 is 18.3 Å².